The lowest BCUT2D eigenvalue weighted by molar-refractivity contribution is -0.142. The van der Waals surface area contributed by atoms with E-state index in [2.05, 4.69) is 22.0 Å². The molecule has 2 aromatic carbocycles. The van der Waals surface area contributed by atoms with Crippen molar-refractivity contribution in [3.63, 3.8) is 0 Å². The van der Waals surface area contributed by atoms with Crippen LogP contribution in [-0.4, -0.2) is 68.9 Å². The number of sulfone groups is 1. The van der Waals surface area contributed by atoms with Crippen LogP contribution in [0.5, 0.6) is 0 Å². The van der Waals surface area contributed by atoms with E-state index in [0.717, 1.165) is 18.4 Å². The molecule has 3 atom stereocenters. The Morgan fingerprint density at radius 3 is 2.42 bits per heavy atom. The third-order valence-corrected chi connectivity index (χ3v) is 12.3. The van der Waals surface area contributed by atoms with Crippen LogP contribution < -0.4 is 0 Å². The predicted octanol–water partition coefficient (Wildman–Crippen LogP) is 7.41. The molecule has 0 amide bonds. The molecule has 8 rings (SSSR count). The molecule has 5 aromatic rings. The quantitative estimate of drug-likeness (QED) is 0.114. The highest BCUT2D eigenvalue weighted by molar-refractivity contribution is 7.89. The smallest absolute Gasteiger partial charge is 0.381 e. The van der Waals surface area contributed by atoms with Crippen LogP contribution in [0.2, 0.25) is 5.02 Å². The first-order valence-corrected chi connectivity index (χ1v) is 21.2. The highest BCUT2D eigenvalue weighted by Gasteiger charge is 2.68. The average Bonchev–Trinajstić information content (AvgIpc) is 3.68. The average molecular weight is 878 g/mol. The Bertz CT molecular complexity index is 2730. The Balaban J connectivity index is 1.28. The first kappa shape index (κ1) is 41.9. The van der Waals surface area contributed by atoms with Gasteiger partial charge in [-0.2, -0.15) is 32.1 Å². The maximum Gasteiger partial charge on any atom is 0.435 e. The Morgan fingerprint density at radius 2 is 1.75 bits per heavy atom. The molecule has 2 fully saturated rings. The van der Waals surface area contributed by atoms with Crippen LogP contribution in [0.15, 0.2) is 42.5 Å². The molecule has 19 heteroatoms. The second-order valence-corrected chi connectivity index (χ2v) is 18.3. The molecular weight excluding hydrogens is 843 g/mol. The highest BCUT2D eigenvalue weighted by atomic mass is 35.5. The van der Waals surface area contributed by atoms with Crippen molar-refractivity contribution in [1.82, 2.24) is 24.5 Å². The molecule has 1 saturated heterocycles. The number of rotatable bonds is 10. The molecule has 1 N–H and O–H groups in total. The van der Waals surface area contributed by atoms with Crippen molar-refractivity contribution in [1.29, 1.82) is 0 Å². The van der Waals surface area contributed by atoms with Gasteiger partial charge in [0.15, 0.2) is 21.3 Å². The maximum absolute atomic E-state index is 15.5. The SMILES string of the molecule is Cn1nc(CS(C)(=O)=O)c2c(Cl)ccc(-c3ccc(C#CC4(O)CCOCC4)nc3[C@@H](CC(=O)Cn3nc(C(F)(F)F)c4c3C(F)(F)[C@@H]3C[C@H]43)Cc3cc(F)cc(F)c3)c21. The monoisotopic (exact) mass is 877 g/mol. The van der Waals surface area contributed by atoms with Crippen LogP contribution in [0.4, 0.5) is 30.7 Å². The van der Waals surface area contributed by atoms with Crippen LogP contribution in [0, 0.1) is 29.4 Å². The molecule has 1 aliphatic heterocycles. The molecule has 0 unspecified atom stereocenters. The van der Waals surface area contributed by atoms with E-state index in [0.29, 0.717) is 32.8 Å². The van der Waals surface area contributed by atoms with Gasteiger partial charge in [-0.3, -0.25) is 14.2 Å². The number of aryl methyl sites for hydroxylation is 1. The largest absolute Gasteiger partial charge is 0.435 e. The first-order chi connectivity index (χ1) is 28.1. The zero-order valence-electron chi connectivity index (χ0n) is 31.9. The summed E-state index contributed by atoms with van der Waals surface area (Å²) in [6.07, 6.45) is -4.63. The number of Topliss-reactive ketones (excluding diaryl/α,β-unsaturated/α-hetero) is 1. The fourth-order valence-electron chi connectivity index (χ4n) is 8.50. The summed E-state index contributed by atoms with van der Waals surface area (Å²) in [5.74, 6) is -4.65. The van der Waals surface area contributed by atoms with E-state index in [-0.39, 0.29) is 66.6 Å². The zero-order valence-corrected chi connectivity index (χ0v) is 33.5. The van der Waals surface area contributed by atoms with Crippen molar-refractivity contribution in [2.45, 2.75) is 73.9 Å². The summed E-state index contributed by atoms with van der Waals surface area (Å²) in [6, 6.07) is 8.95. The van der Waals surface area contributed by atoms with E-state index >= 15 is 8.78 Å². The molecule has 4 heterocycles. The molecule has 0 bridgehead atoms. The van der Waals surface area contributed by atoms with Crippen molar-refractivity contribution in [3.8, 4) is 23.0 Å². The van der Waals surface area contributed by atoms with Crippen molar-refractivity contribution in [3.05, 3.63) is 98.7 Å². The lowest BCUT2D eigenvalue weighted by atomic mass is 9.86. The van der Waals surface area contributed by atoms with Gasteiger partial charge in [0, 0.05) is 72.5 Å². The molecule has 3 aliphatic rings. The highest BCUT2D eigenvalue weighted by Crippen LogP contribution is 2.68. The van der Waals surface area contributed by atoms with Crippen molar-refractivity contribution in [2.75, 3.05) is 19.5 Å². The number of halogens is 8. The van der Waals surface area contributed by atoms with E-state index in [4.69, 9.17) is 21.3 Å². The van der Waals surface area contributed by atoms with Crippen LogP contribution in [0.3, 0.4) is 0 Å². The van der Waals surface area contributed by atoms with Gasteiger partial charge in [-0.25, -0.2) is 22.2 Å². The minimum absolute atomic E-state index is 0.0641. The lowest BCUT2D eigenvalue weighted by Gasteiger charge is -2.26. The number of alkyl halides is 5. The van der Waals surface area contributed by atoms with Crippen molar-refractivity contribution in [2.24, 2.45) is 13.0 Å². The molecule has 60 heavy (non-hydrogen) atoms. The fraction of sp³-hybridized carbons (Fsp3) is 0.415. The number of ether oxygens (including phenoxy) is 1. The summed E-state index contributed by atoms with van der Waals surface area (Å²) in [4.78, 5) is 18.9. The van der Waals surface area contributed by atoms with Gasteiger partial charge in [-0.1, -0.05) is 23.6 Å². The van der Waals surface area contributed by atoms with Gasteiger partial charge in [0.2, 0.25) is 0 Å². The van der Waals surface area contributed by atoms with E-state index < -0.39 is 98.4 Å². The number of aliphatic hydroxyl groups is 1. The van der Waals surface area contributed by atoms with Gasteiger partial charge in [0.05, 0.1) is 40.9 Å². The number of fused-ring (bicyclic) bond motifs is 4. The van der Waals surface area contributed by atoms with Gasteiger partial charge in [0.1, 0.15) is 35.2 Å². The normalized spacial score (nSPS) is 19.7. The summed E-state index contributed by atoms with van der Waals surface area (Å²) in [5.41, 5.74) is -3.00. The van der Waals surface area contributed by atoms with Gasteiger partial charge < -0.3 is 9.84 Å². The summed E-state index contributed by atoms with van der Waals surface area (Å²) in [5, 5.41) is 19.5. The van der Waals surface area contributed by atoms with Crippen LogP contribution in [0.1, 0.15) is 77.1 Å². The predicted molar refractivity (Wildman–Crippen MR) is 204 cm³/mol. The van der Waals surface area contributed by atoms with E-state index in [1.54, 1.807) is 19.2 Å². The summed E-state index contributed by atoms with van der Waals surface area (Å²) in [6.45, 7) is -0.465. The molecule has 0 spiro atoms. The number of hydrogen-bond donors (Lipinski definition) is 1. The van der Waals surface area contributed by atoms with E-state index in [1.165, 1.54) is 16.8 Å². The standard InChI is InChI=1S/C41H35ClF7N5O5S/c1-53-36-28(5-6-31(42)34(36)32(51-53)20-60(2,57)58)27-4-3-25(7-8-39(56)9-11-59-12-10-39)50-35(27)22(13-21-14-23(43)17-24(44)15-21)16-26(55)19-54-38-33(37(52-54)41(47,48)49)29-18-30(29)40(38,45)46/h3-6,14-15,17,22,29-30,56H,9-13,16,18-20H2,1-2H3/t22-,29+,30-/m1/s1. The van der Waals surface area contributed by atoms with Crippen molar-refractivity contribution < 1.29 is 53.8 Å². The Labute approximate surface area is 343 Å². The minimum Gasteiger partial charge on any atom is -0.381 e. The zero-order chi connectivity index (χ0) is 43.1. The first-order valence-electron chi connectivity index (χ1n) is 18.8. The van der Waals surface area contributed by atoms with Gasteiger partial charge >= 0.3 is 6.18 Å². The lowest BCUT2D eigenvalue weighted by Crippen LogP contribution is -2.34. The van der Waals surface area contributed by atoms with E-state index in [1.807, 2.05) is 0 Å². The molecule has 3 aromatic heterocycles. The van der Waals surface area contributed by atoms with Gasteiger partial charge in [-0.15, -0.1) is 0 Å². The number of aromatic nitrogens is 5. The maximum atomic E-state index is 15.5. The number of benzene rings is 2. The topological polar surface area (TPSA) is 129 Å². The molecule has 10 nitrogen and oxygen atoms in total. The molecule has 2 aliphatic carbocycles. The third-order valence-electron chi connectivity index (χ3n) is 11.2. The number of carbonyl (C=O) groups excluding carboxylic acids is 1. The number of pyridine rings is 1. The molecule has 0 radical (unpaired) electrons. The number of hydrogen-bond acceptors (Lipinski definition) is 8. The number of nitrogens with zero attached hydrogens (tertiary/aromatic N) is 5. The van der Waals surface area contributed by atoms with Gasteiger partial charge in [-0.05, 0) is 60.6 Å². The summed E-state index contributed by atoms with van der Waals surface area (Å²) >= 11 is 6.64. The minimum atomic E-state index is -5.06. The Kier molecular flexibility index (Phi) is 10.4. The van der Waals surface area contributed by atoms with Gasteiger partial charge in [0.25, 0.3) is 5.92 Å². The molecule has 1 saturated carbocycles. The molecular formula is C41H35ClF7N5O5S. The molecule has 316 valence electrons. The van der Waals surface area contributed by atoms with E-state index in [9.17, 15) is 40.3 Å². The number of carbonyl (C=O) groups is 1. The summed E-state index contributed by atoms with van der Waals surface area (Å²) in [7, 11) is -2.04. The second kappa shape index (κ2) is 15.0. The van der Waals surface area contributed by atoms with Crippen LogP contribution in [-0.2, 0) is 57.2 Å². The Hall–Kier alpha value is -4.83. The second-order valence-electron chi connectivity index (χ2n) is 15.7. The van der Waals surface area contributed by atoms with Crippen molar-refractivity contribution >= 4 is 38.1 Å². The third kappa shape index (κ3) is 8.04. The Morgan fingerprint density at radius 1 is 1.07 bits per heavy atom. The van der Waals surface area contributed by atoms with Crippen LogP contribution >= 0.6 is 11.6 Å². The summed E-state index contributed by atoms with van der Waals surface area (Å²) < 4.78 is 135. The number of ketones is 1. The fourth-order valence-corrected chi connectivity index (χ4v) is 9.46. The van der Waals surface area contributed by atoms with Crippen LogP contribution in [0.25, 0.3) is 22.0 Å².